The summed E-state index contributed by atoms with van der Waals surface area (Å²) in [5.74, 6) is 0. The molecule has 90 valence electrons. The molecule has 17 heavy (non-hydrogen) atoms. The molecule has 1 aromatic heterocycles. The molecule has 2 aromatic rings. The van der Waals surface area contributed by atoms with E-state index in [1.54, 1.807) is 6.33 Å². The number of hydrogen-bond donors (Lipinski definition) is 1. The van der Waals surface area contributed by atoms with Crippen molar-refractivity contribution in [3.63, 3.8) is 0 Å². The first-order valence-corrected chi connectivity index (χ1v) is 6.14. The van der Waals surface area contributed by atoms with Crippen LogP contribution < -0.4 is 4.90 Å². The molecule has 0 unspecified atom stereocenters. The summed E-state index contributed by atoms with van der Waals surface area (Å²) in [5.41, 5.74) is 3.79. The zero-order valence-corrected chi connectivity index (χ0v) is 10.5. The summed E-state index contributed by atoms with van der Waals surface area (Å²) in [5, 5.41) is 0. The molecule has 0 bridgehead atoms. The van der Waals surface area contributed by atoms with Gasteiger partial charge in [0.05, 0.1) is 18.6 Å². The minimum atomic E-state index is 0.877. The van der Waals surface area contributed by atoms with Gasteiger partial charge in [0.15, 0.2) is 0 Å². The van der Waals surface area contributed by atoms with E-state index in [1.165, 1.54) is 11.3 Å². The molecule has 0 aliphatic heterocycles. The van der Waals surface area contributed by atoms with Gasteiger partial charge >= 0.3 is 0 Å². The molecule has 0 radical (unpaired) electrons. The van der Waals surface area contributed by atoms with Crippen LogP contribution in [0.4, 0.5) is 5.69 Å². The Balaban J connectivity index is 2.11. The van der Waals surface area contributed by atoms with E-state index < -0.39 is 0 Å². The maximum Gasteiger partial charge on any atom is 0.0922 e. The molecule has 0 atom stereocenters. The van der Waals surface area contributed by atoms with Crippen LogP contribution in [0.1, 0.15) is 25.1 Å². The number of hydrogen-bond acceptors (Lipinski definition) is 2. The fourth-order valence-electron chi connectivity index (χ4n) is 1.90. The van der Waals surface area contributed by atoms with E-state index in [0.717, 1.165) is 25.2 Å². The molecular weight excluding hydrogens is 210 g/mol. The molecule has 0 saturated heterocycles. The number of aryl methyl sites for hydroxylation is 1. The molecule has 1 aromatic carbocycles. The average molecular weight is 229 g/mol. The number of aromatic amines is 1. The third kappa shape index (κ3) is 2.87. The SMILES string of the molecule is CCc1ccc(N(CC)Cc2cnc[nH]2)cc1. The van der Waals surface area contributed by atoms with Gasteiger partial charge in [-0.05, 0) is 31.0 Å². The Bertz CT molecular complexity index is 431. The Kier molecular flexibility index (Phi) is 3.81. The molecule has 2 rings (SSSR count). The number of H-pyrrole nitrogens is 1. The van der Waals surface area contributed by atoms with Crippen LogP contribution in [0.15, 0.2) is 36.8 Å². The number of imidazole rings is 1. The Morgan fingerprint density at radius 1 is 1.18 bits per heavy atom. The molecular formula is C14H19N3. The Hall–Kier alpha value is -1.77. The number of rotatable bonds is 5. The lowest BCUT2D eigenvalue weighted by Crippen LogP contribution is -2.22. The minimum absolute atomic E-state index is 0.877. The molecule has 0 spiro atoms. The van der Waals surface area contributed by atoms with Crippen LogP contribution in [0.5, 0.6) is 0 Å². The third-order valence-electron chi connectivity index (χ3n) is 3.01. The fourth-order valence-corrected chi connectivity index (χ4v) is 1.90. The van der Waals surface area contributed by atoms with Crippen molar-refractivity contribution in [2.24, 2.45) is 0 Å². The maximum atomic E-state index is 4.05. The van der Waals surface area contributed by atoms with Crippen LogP contribution in [-0.2, 0) is 13.0 Å². The van der Waals surface area contributed by atoms with E-state index in [-0.39, 0.29) is 0 Å². The predicted octanol–water partition coefficient (Wildman–Crippen LogP) is 3.00. The highest BCUT2D eigenvalue weighted by atomic mass is 15.1. The van der Waals surface area contributed by atoms with E-state index in [4.69, 9.17) is 0 Å². The van der Waals surface area contributed by atoms with Crippen molar-refractivity contribution in [1.82, 2.24) is 9.97 Å². The van der Waals surface area contributed by atoms with Gasteiger partial charge in [-0.3, -0.25) is 0 Å². The van der Waals surface area contributed by atoms with Gasteiger partial charge in [0, 0.05) is 18.4 Å². The zero-order chi connectivity index (χ0) is 12.1. The third-order valence-corrected chi connectivity index (χ3v) is 3.01. The van der Waals surface area contributed by atoms with Gasteiger partial charge in [0.1, 0.15) is 0 Å². The number of nitrogens with zero attached hydrogens (tertiary/aromatic N) is 2. The van der Waals surface area contributed by atoms with Crippen molar-refractivity contribution < 1.29 is 0 Å². The fraction of sp³-hybridized carbons (Fsp3) is 0.357. The quantitative estimate of drug-likeness (QED) is 0.854. The minimum Gasteiger partial charge on any atom is -0.366 e. The van der Waals surface area contributed by atoms with Crippen LogP contribution in [-0.4, -0.2) is 16.5 Å². The van der Waals surface area contributed by atoms with Crippen molar-refractivity contribution in [1.29, 1.82) is 0 Å². The summed E-state index contributed by atoms with van der Waals surface area (Å²) < 4.78 is 0. The van der Waals surface area contributed by atoms with Crippen molar-refractivity contribution in [3.8, 4) is 0 Å². The van der Waals surface area contributed by atoms with Crippen molar-refractivity contribution in [3.05, 3.63) is 48.0 Å². The zero-order valence-electron chi connectivity index (χ0n) is 10.5. The molecule has 3 heteroatoms. The second-order valence-electron chi connectivity index (χ2n) is 4.11. The Labute approximate surface area is 103 Å². The normalized spacial score (nSPS) is 10.5. The lowest BCUT2D eigenvalue weighted by Gasteiger charge is -2.22. The van der Waals surface area contributed by atoms with Gasteiger partial charge in [0.2, 0.25) is 0 Å². The van der Waals surface area contributed by atoms with E-state index in [1.807, 2.05) is 6.20 Å². The first-order chi connectivity index (χ1) is 8.33. The number of aromatic nitrogens is 2. The number of nitrogens with one attached hydrogen (secondary N) is 1. The van der Waals surface area contributed by atoms with Crippen LogP contribution in [0, 0.1) is 0 Å². The molecule has 1 N–H and O–H groups in total. The van der Waals surface area contributed by atoms with Crippen molar-refractivity contribution in [2.75, 3.05) is 11.4 Å². The van der Waals surface area contributed by atoms with Crippen LogP contribution in [0.25, 0.3) is 0 Å². The van der Waals surface area contributed by atoms with Crippen LogP contribution in [0.2, 0.25) is 0 Å². The van der Waals surface area contributed by atoms with E-state index in [2.05, 4.69) is 53.0 Å². The summed E-state index contributed by atoms with van der Waals surface area (Å²) in [6.45, 7) is 6.22. The molecule has 0 aliphatic carbocycles. The second kappa shape index (κ2) is 5.53. The summed E-state index contributed by atoms with van der Waals surface area (Å²) >= 11 is 0. The van der Waals surface area contributed by atoms with Crippen molar-refractivity contribution >= 4 is 5.69 Å². The summed E-state index contributed by atoms with van der Waals surface area (Å²) in [6.07, 6.45) is 4.69. The first-order valence-electron chi connectivity index (χ1n) is 6.14. The maximum absolute atomic E-state index is 4.05. The molecule has 0 fully saturated rings. The summed E-state index contributed by atoms with van der Waals surface area (Å²) in [7, 11) is 0. The van der Waals surface area contributed by atoms with Gasteiger partial charge in [-0.2, -0.15) is 0 Å². The predicted molar refractivity (Wildman–Crippen MR) is 71.1 cm³/mol. The highest BCUT2D eigenvalue weighted by molar-refractivity contribution is 5.47. The van der Waals surface area contributed by atoms with E-state index >= 15 is 0 Å². The molecule has 0 amide bonds. The second-order valence-corrected chi connectivity index (χ2v) is 4.11. The van der Waals surface area contributed by atoms with Gasteiger partial charge in [0.25, 0.3) is 0 Å². The average Bonchev–Trinajstić information content (AvgIpc) is 2.89. The van der Waals surface area contributed by atoms with E-state index in [9.17, 15) is 0 Å². The highest BCUT2D eigenvalue weighted by Gasteiger charge is 2.05. The van der Waals surface area contributed by atoms with Crippen LogP contribution >= 0.6 is 0 Å². The first kappa shape index (κ1) is 11.7. The molecule has 0 aliphatic rings. The molecule has 1 heterocycles. The van der Waals surface area contributed by atoms with Crippen LogP contribution in [0.3, 0.4) is 0 Å². The van der Waals surface area contributed by atoms with Crippen molar-refractivity contribution in [2.45, 2.75) is 26.8 Å². The Morgan fingerprint density at radius 3 is 2.47 bits per heavy atom. The standard InChI is InChI=1S/C14H19N3/c1-3-12-5-7-14(8-6-12)17(4-2)10-13-9-15-11-16-13/h5-9,11H,3-4,10H2,1-2H3,(H,15,16). The topological polar surface area (TPSA) is 31.9 Å². The monoisotopic (exact) mass is 229 g/mol. The summed E-state index contributed by atoms with van der Waals surface area (Å²) in [6, 6.07) is 8.79. The van der Waals surface area contributed by atoms with Gasteiger partial charge in [-0.15, -0.1) is 0 Å². The lowest BCUT2D eigenvalue weighted by atomic mass is 10.1. The van der Waals surface area contributed by atoms with Gasteiger partial charge in [-0.25, -0.2) is 4.98 Å². The van der Waals surface area contributed by atoms with E-state index in [0.29, 0.717) is 0 Å². The number of benzene rings is 1. The van der Waals surface area contributed by atoms with Gasteiger partial charge in [-0.1, -0.05) is 19.1 Å². The number of anilines is 1. The molecule has 3 nitrogen and oxygen atoms in total. The Morgan fingerprint density at radius 2 is 1.94 bits per heavy atom. The lowest BCUT2D eigenvalue weighted by molar-refractivity contribution is 0.814. The highest BCUT2D eigenvalue weighted by Crippen LogP contribution is 2.17. The largest absolute Gasteiger partial charge is 0.366 e. The summed E-state index contributed by atoms with van der Waals surface area (Å²) in [4.78, 5) is 9.52. The smallest absolute Gasteiger partial charge is 0.0922 e. The van der Waals surface area contributed by atoms with Gasteiger partial charge < -0.3 is 9.88 Å². The molecule has 0 saturated carbocycles.